The summed E-state index contributed by atoms with van der Waals surface area (Å²) in [5.74, 6) is 1.17. The summed E-state index contributed by atoms with van der Waals surface area (Å²) in [7, 11) is 1.80. The minimum Gasteiger partial charge on any atom is -0.499 e. The Balaban J connectivity index is 2.17. The molecule has 0 aromatic heterocycles. The highest BCUT2D eigenvalue weighted by Crippen LogP contribution is 2.32. The van der Waals surface area contributed by atoms with Crippen molar-refractivity contribution in [2.24, 2.45) is 0 Å². The molecule has 1 saturated heterocycles. The third-order valence-electron chi connectivity index (χ3n) is 3.34. The first kappa shape index (κ1) is 10.7. The Morgan fingerprint density at radius 3 is 3.07 bits per heavy atom. The van der Waals surface area contributed by atoms with Crippen LogP contribution in [0.15, 0.2) is 23.5 Å². The summed E-state index contributed by atoms with van der Waals surface area (Å²) in [4.78, 5) is 2.56. The quantitative estimate of drug-likeness (QED) is 0.660. The molecule has 1 aliphatic carbocycles. The van der Waals surface area contributed by atoms with Gasteiger partial charge >= 0.3 is 0 Å². The van der Waals surface area contributed by atoms with Crippen molar-refractivity contribution >= 4 is 0 Å². The number of hydrogen-bond donors (Lipinski definition) is 0. The topological polar surface area (TPSA) is 12.5 Å². The number of fused-ring (bicyclic) bond motifs is 1. The zero-order valence-electron chi connectivity index (χ0n) is 9.83. The van der Waals surface area contributed by atoms with Gasteiger partial charge in [0.2, 0.25) is 0 Å². The molecule has 1 heterocycles. The van der Waals surface area contributed by atoms with Crippen LogP contribution in [0.5, 0.6) is 0 Å². The maximum atomic E-state index is 5.52. The summed E-state index contributed by atoms with van der Waals surface area (Å²) >= 11 is 0. The van der Waals surface area contributed by atoms with Gasteiger partial charge in [-0.05, 0) is 50.4 Å². The molecule has 2 rings (SSSR count). The molecule has 2 aliphatic rings. The lowest BCUT2D eigenvalue weighted by Gasteiger charge is -2.39. The summed E-state index contributed by atoms with van der Waals surface area (Å²) in [6.07, 6.45) is 9.44. The van der Waals surface area contributed by atoms with Crippen molar-refractivity contribution in [3.8, 4) is 0 Å². The van der Waals surface area contributed by atoms with Gasteiger partial charge in [0.25, 0.3) is 0 Å². The number of methoxy groups -OCH3 is 1. The van der Waals surface area contributed by atoms with E-state index in [-0.39, 0.29) is 0 Å². The van der Waals surface area contributed by atoms with Crippen LogP contribution in [-0.2, 0) is 4.74 Å². The minimum atomic E-state index is 0.456. The van der Waals surface area contributed by atoms with Gasteiger partial charge in [-0.25, -0.2) is 0 Å². The summed E-state index contributed by atoms with van der Waals surface area (Å²) in [6, 6.07) is 0.456. The molecule has 84 valence electrons. The van der Waals surface area contributed by atoms with E-state index < -0.39 is 0 Å². The Kier molecular flexibility index (Phi) is 3.47. The standard InChI is InChI=1S/C13H21NO/c1-3-9-14-10-5-7-11-6-4-8-12(15-2)13(11)14/h6,8,13H,3-5,7,9-10H2,1-2H3. The second-order valence-corrected chi connectivity index (χ2v) is 4.37. The molecule has 0 radical (unpaired) electrons. The first-order valence-corrected chi connectivity index (χ1v) is 6.03. The van der Waals surface area contributed by atoms with Crippen molar-refractivity contribution < 1.29 is 4.74 Å². The molecule has 0 bridgehead atoms. The molecule has 1 atom stereocenters. The highest BCUT2D eigenvalue weighted by molar-refractivity contribution is 5.30. The lowest BCUT2D eigenvalue weighted by molar-refractivity contribution is 0.147. The van der Waals surface area contributed by atoms with Crippen LogP contribution >= 0.6 is 0 Å². The second kappa shape index (κ2) is 4.84. The molecule has 0 aromatic rings. The summed E-state index contributed by atoms with van der Waals surface area (Å²) < 4.78 is 5.52. The van der Waals surface area contributed by atoms with Crippen LogP contribution in [0.1, 0.15) is 32.6 Å². The fourth-order valence-electron chi connectivity index (χ4n) is 2.72. The van der Waals surface area contributed by atoms with Crippen molar-refractivity contribution in [2.75, 3.05) is 20.2 Å². The van der Waals surface area contributed by atoms with Crippen LogP contribution < -0.4 is 0 Å². The van der Waals surface area contributed by atoms with Crippen LogP contribution in [0.2, 0.25) is 0 Å². The van der Waals surface area contributed by atoms with Crippen LogP contribution in [0.4, 0.5) is 0 Å². The molecule has 1 aliphatic heterocycles. The van der Waals surface area contributed by atoms with Crippen molar-refractivity contribution in [2.45, 2.75) is 38.6 Å². The number of allylic oxidation sites excluding steroid dienone is 2. The van der Waals surface area contributed by atoms with Gasteiger partial charge in [0.1, 0.15) is 5.76 Å². The fraction of sp³-hybridized carbons (Fsp3) is 0.692. The molecule has 2 nitrogen and oxygen atoms in total. The third kappa shape index (κ3) is 2.10. The van der Waals surface area contributed by atoms with Gasteiger partial charge in [-0.2, -0.15) is 0 Å². The van der Waals surface area contributed by atoms with Gasteiger partial charge in [-0.15, -0.1) is 0 Å². The monoisotopic (exact) mass is 207 g/mol. The molecule has 0 saturated carbocycles. The van der Waals surface area contributed by atoms with E-state index in [4.69, 9.17) is 4.74 Å². The largest absolute Gasteiger partial charge is 0.499 e. The maximum Gasteiger partial charge on any atom is 0.113 e. The van der Waals surface area contributed by atoms with Crippen molar-refractivity contribution in [3.63, 3.8) is 0 Å². The first-order chi connectivity index (χ1) is 7.36. The predicted molar refractivity (Wildman–Crippen MR) is 62.7 cm³/mol. The van der Waals surface area contributed by atoms with Gasteiger partial charge in [-0.3, -0.25) is 4.90 Å². The molecule has 2 heteroatoms. The van der Waals surface area contributed by atoms with E-state index in [9.17, 15) is 0 Å². The second-order valence-electron chi connectivity index (χ2n) is 4.37. The zero-order chi connectivity index (χ0) is 10.7. The number of likely N-dealkylation sites (tertiary alicyclic amines) is 1. The smallest absolute Gasteiger partial charge is 0.113 e. The van der Waals surface area contributed by atoms with E-state index in [2.05, 4.69) is 24.0 Å². The van der Waals surface area contributed by atoms with Crippen LogP contribution in [0, 0.1) is 0 Å². The Bertz CT molecular complexity index is 266. The number of piperidine rings is 1. The molecule has 1 fully saturated rings. The number of nitrogens with zero attached hydrogens (tertiary/aromatic N) is 1. The molecular weight excluding hydrogens is 186 g/mol. The number of ether oxygens (including phenoxy) is 1. The lowest BCUT2D eigenvalue weighted by atomic mass is 9.89. The molecule has 0 aromatic carbocycles. The van der Waals surface area contributed by atoms with Crippen molar-refractivity contribution in [1.82, 2.24) is 4.90 Å². The van der Waals surface area contributed by atoms with Gasteiger partial charge in [0.05, 0.1) is 13.2 Å². The van der Waals surface area contributed by atoms with Crippen molar-refractivity contribution in [3.05, 3.63) is 23.5 Å². The predicted octanol–water partition coefficient (Wildman–Crippen LogP) is 2.72. The summed E-state index contributed by atoms with van der Waals surface area (Å²) in [5.41, 5.74) is 1.58. The molecule has 0 spiro atoms. The molecule has 0 amide bonds. The number of rotatable bonds is 3. The summed E-state index contributed by atoms with van der Waals surface area (Å²) in [5, 5.41) is 0. The maximum absolute atomic E-state index is 5.52. The van der Waals surface area contributed by atoms with Gasteiger partial charge in [-0.1, -0.05) is 13.0 Å². The van der Waals surface area contributed by atoms with Gasteiger partial charge in [0.15, 0.2) is 0 Å². The number of hydrogen-bond acceptors (Lipinski definition) is 2. The highest BCUT2D eigenvalue weighted by Gasteiger charge is 2.30. The van der Waals surface area contributed by atoms with E-state index >= 15 is 0 Å². The van der Waals surface area contributed by atoms with Crippen molar-refractivity contribution in [1.29, 1.82) is 0 Å². The Morgan fingerprint density at radius 1 is 1.47 bits per heavy atom. The van der Waals surface area contributed by atoms with E-state index in [0.717, 1.165) is 6.42 Å². The molecular formula is C13H21NO. The fourth-order valence-corrected chi connectivity index (χ4v) is 2.72. The molecule has 1 unspecified atom stereocenters. The SMILES string of the molecule is CCCN1CCCC2=CCC=C(OC)C21. The minimum absolute atomic E-state index is 0.456. The average molecular weight is 207 g/mol. The van der Waals surface area contributed by atoms with Crippen LogP contribution in [-0.4, -0.2) is 31.1 Å². The van der Waals surface area contributed by atoms with E-state index in [1.54, 1.807) is 12.7 Å². The lowest BCUT2D eigenvalue weighted by Crippen LogP contribution is -2.43. The Morgan fingerprint density at radius 2 is 2.33 bits per heavy atom. The van der Waals surface area contributed by atoms with Gasteiger partial charge in [0, 0.05) is 0 Å². The van der Waals surface area contributed by atoms with E-state index in [0.29, 0.717) is 6.04 Å². The van der Waals surface area contributed by atoms with Crippen LogP contribution in [0.25, 0.3) is 0 Å². The van der Waals surface area contributed by atoms with E-state index in [1.165, 1.54) is 38.1 Å². The Labute approximate surface area is 92.6 Å². The van der Waals surface area contributed by atoms with Crippen LogP contribution in [0.3, 0.4) is 0 Å². The average Bonchev–Trinajstić information content (AvgIpc) is 2.29. The Hall–Kier alpha value is -0.760. The third-order valence-corrected chi connectivity index (χ3v) is 3.34. The molecule has 0 N–H and O–H groups in total. The van der Waals surface area contributed by atoms with E-state index in [1.807, 2.05) is 0 Å². The molecule has 15 heavy (non-hydrogen) atoms. The normalized spacial score (nSPS) is 26.7. The van der Waals surface area contributed by atoms with Gasteiger partial charge < -0.3 is 4.74 Å². The first-order valence-electron chi connectivity index (χ1n) is 6.03. The zero-order valence-corrected chi connectivity index (χ0v) is 9.83. The highest BCUT2D eigenvalue weighted by atomic mass is 16.5. The summed E-state index contributed by atoms with van der Waals surface area (Å²) in [6.45, 7) is 4.65.